The minimum atomic E-state index is -0.0264. The molecular weight excluding hydrogens is 304 g/mol. The van der Waals surface area contributed by atoms with Gasteiger partial charge in [0.1, 0.15) is 6.61 Å². The van der Waals surface area contributed by atoms with E-state index in [0.717, 1.165) is 4.88 Å². The predicted octanol–water partition coefficient (Wildman–Crippen LogP) is 0.624. The maximum atomic E-state index is 12.2. The number of hydrogen-bond donors (Lipinski definition) is 0. The van der Waals surface area contributed by atoms with Gasteiger partial charge >= 0.3 is 0 Å². The van der Waals surface area contributed by atoms with E-state index in [-0.39, 0.29) is 18.4 Å². The van der Waals surface area contributed by atoms with Crippen LogP contribution in [0.3, 0.4) is 0 Å². The summed E-state index contributed by atoms with van der Waals surface area (Å²) in [6.07, 6.45) is 0.450. The monoisotopic (exact) mass is 326 g/mol. The van der Waals surface area contributed by atoms with E-state index >= 15 is 0 Å². The summed E-state index contributed by atoms with van der Waals surface area (Å²) >= 11 is 1.59. The standard InChI is InChI=1S/C15H22N2O4S/c1-20-8-9-21-12-15(19)17-6-4-16(5-7-17)14(18)11-13-3-2-10-22-13/h2-3,10H,4-9,11-12H2,1H3. The van der Waals surface area contributed by atoms with E-state index in [4.69, 9.17) is 9.47 Å². The number of methoxy groups -OCH3 is 1. The number of amides is 2. The van der Waals surface area contributed by atoms with Gasteiger partial charge in [0.05, 0.1) is 19.6 Å². The number of rotatable bonds is 7. The average molecular weight is 326 g/mol. The van der Waals surface area contributed by atoms with Crippen molar-refractivity contribution < 1.29 is 19.1 Å². The summed E-state index contributed by atoms with van der Waals surface area (Å²) in [4.78, 5) is 28.8. The summed E-state index contributed by atoms with van der Waals surface area (Å²) in [6.45, 7) is 3.31. The Morgan fingerprint density at radius 3 is 2.41 bits per heavy atom. The number of nitrogens with zero attached hydrogens (tertiary/aromatic N) is 2. The SMILES string of the molecule is COCCOCC(=O)N1CCN(C(=O)Cc2cccs2)CC1. The molecule has 6 nitrogen and oxygen atoms in total. The van der Waals surface area contributed by atoms with E-state index < -0.39 is 0 Å². The normalized spacial score (nSPS) is 15.1. The number of hydrogen-bond acceptors (Lipinski definition) is 5. The quantitative estimate of drug-likeness (QED) is 0.690. The van der Waals surface area contributed by atoms with E-state index in [1.54, 1.807) is 23.3 Å². The number of carbonyl (C=O) groups is 2. The van der Waals surface area contributed by atoms with E-state index in [2.05, 4.69) is 0 Å². The molecule has 2 heterocycles. The van der Waals surface area contributed by atoms with Gasteiger partial charge in [-0.05, 0) is 11.4 Å². The van der Waals surface area contributed by atoms with Gasteiger partial charge in [0.15, 0.2) is 0 Å². The summed E-state index contributed by atoms with van der Waals surface area (Å²) < 4.78 is 10.1. The molecule has 1 aromatic rings. The van der Waals surface area contributed by atoms with Gasteiger partial charge in [-0.2, -0.15) is 0 Å². The van der Waals surface area contributed by atoms with Crippen LogP contribution in [0.2, 0.25) is 0 Å². The summed E-state index contributed by atoms with van der Waals surface area (Å²) in [5.41, 5.74) is 0. The van der Waals surface area contributed by atoms with Gasteiger partial charge < -0.3 is 19.3 Å². The van der Waals surface area contributed by atoms with Crippen molar-refractivity contribution in [1.29, 1.82) is 0 Å². The summed E-state index contributed by atoms with van der Waals surface area (Å²) in [5, 5.41) is 1.98. The lowest BCUT2D eigenvalue weighted by Crippen LogP contribution is -2.51. The lowest BCUT2D eigenvalue weighted by molar-refractivity contribution is -0.142. The first-order chi connectivity index (χ1) is 10.7. The Morgan fingerprint density at radius 1 is 1.14 bits per heavy atom. The van der Waals surface area contributed by atoms with Crippen molar-refractivity contribution in [1.82, 2.24) is 9.80 Å². The van der Waals surface area contributed by atoms with Crippen LogP contribution in [-0.4, -0.2) is 74.7 Å². The molecule has 1 aliphatic heterocycles. The van der Waals surface area contributed by atoms with Crippen molar-refractivity contribution in [2.75, 3.05) is 53.1 Å². The Bertz CT molecular complexity index is 470. The van der Waals surface area contributed by atoms with Gasteiger partial charge in [-0.25, -0.2) is 0 Å². The van der Waals surface area contributed by atoms with Crippen molar-refractivity contribution in [3.8, 4) is 0 Å². The summed E-state index contributed by atoms with van der Waals surface area (Å²) in [6, 6.07) is 3.92. The molecule has 0 saturated carbocycles. The highest BCUT2D eigenvalue weighted by Crippen LogP contribution is 2.12. The van der Waals surface area contributed by atoms with Crippen molar-refractivity contribution in [3.05, 3.63) is 22.4 Å². The zero-order valence-electron chi connectivity index (χ0n) is 12.8. The Kier molecular flexibility index (Phi) is 6.82. The first-order valence-corrected chi connectivity index (χ1v) is 8.23. The molecular formula is C15H22N2O4S. The largest absolute Gasteiger partial charge is 0.382 e. The second kappa shape index (κ2) is 8.87. The van der Waals surface area contributed by atoms with Crippen molar-refractivity contribution in [2.24, 2.45) is 0 Å². The highest BCUT2D eigenvalue weighted by Gasteiger charge is 2.24. The van der Waals surface area contributed by atoms with Crippen LogP contribution in [0.15, 0.2) is 17.5 Å². The first-order valence-electron chi connectivity index (χ1n) is 7.35. The van der Waals surface area contributed by atoms with Crippen molar-refractivity contribution in [2.45, 2.75) is 6.42 Å². The molecule has 122 valence electrons. The van der Waals surface area contributed by atoms with Gasteiger partial charge in [0.25, 0.3) is 0 Å². The Morgan fingerprint density at radius 2 is 1.82 bits per heavy atom. The zero-order chi connectivity index (χ0) is 15.8. The van der Waals surface area contributed by atoms with Gasteiger partial charge in [0.2, 0.25) is 11.8 Å². The third-order valence-electron chi connectivity index (χ3n) is 3.55. The van der Waals surface area contributed by atoms with Gasteiger partial charge in [-0.3, -0.25) is 9.59 Å². The highest BCUT2D eigenvalue weighted by molar-refractivity contribution is 7.10. The van der Waals surface area contributed by atoms with E-state index in [1.807, 2.05) is 22.4 Å². The molecule has 22 heavy (non-hydrogen) atoms. The Labute approximate surface area is 134 Å². The van der Waals surface area contributed by atoms with Crippen LogP contribution in [0, 0.1) is 0 Å². The zero-order valence-corrected chi connectivity index (χ0v) is 13.6. The Hall–Kier alpha value is -1.44. The minimum Gasteiger partial charge on any atom is -0.382 e. The molecule has 0 bridgehead atoms. The second-order valence-corrected chi connectivity index (χ2v) is 6.10. The summed E-state index contributed by atoms with van der Waals surface area (Å²) in [5.74, 6) is 0.104. The molecule has 2 amide bonds. The molecule has 2 rings (SSSR count). The van der Waals surface area contributed by atoms with Gasteiger partial charge in [0, 0.05) is 38.2 Å². The second-order valence-electron chi connectivity index (χ2n) is 5.06. The van der Waals surface area contributed by atoms with Crippen LogP contribution >= 0.6 is 11.3 Å². The van der Waals surface area contributed by atoms with Crippen molar-refractivity contribution in [3.63, 3.8) is 0 Å². The number of ether oxygens (including phenoxy) is 2. The molecule has 1 fully saturated rings. The highest BCUT2D eigenvalue weighted by atomic mass is 32.1. The van der Waals surface area contributed by atoms with E-state index in [1.165, 1.54) is 0 Å². The van der Waals surface area contributed by atoms with E-state index in [0.29, 0.717) is 45.8 Å². The first kappa shape index (κ1) is 16.9. The number of thiophene rings is 1. The molecule has 0 spiro atoms. The average Bonchev–Trinajstić information content (AvgIpc) is 3.04. The molecule has 1 aromatic heterocycles. The predicted molar refractivity (Wildman–Crippen MR) is 83.9 cm³/mol. The molecule has 0 atom stereocenters. The lowest BCUT2D eigenvalue weighted by atomic mass is 10.2. The molecule has 7 heteroatoms. The minimum absolute atomic E-state index is 0.0264. The van der Waals surface area contributed by atoms with Crippen LogP contribution < -0.4 is 0 Å². The van der Waals surface area contributed by atoms with Crippen LogP contribution in [0.5, 0.6) is 0 Å². The van der Waals surface area contributed by atoms with Crippen LogP contribution in [0.1, 0.15) is 4.88 Å². The molecule has 1 saturated heterocycles. The van der Waals surface area contributed by atoms with Crippen molar-refractivity contribution >= 4 is 23.2 Å². The topological polar surface area (TPSA) is 59.1 Å². The molecule has 1 aliphatic rings. The summed E-state index contributed by atoms with van der Waals surface area (Å²) in [7, 11) is 1.59. The fourth-order valence-electron chi connectivity index (χ4n) is 2.27. The maximum Gasteiger partial charge on any atom is 0.248 e. The van der Waals surface area contributed by atoms with Crippen LogP contribution in [-0.2, 0) is 25.5 Å². The molecule has 0 aliphatic carbocycles. The maximum absolute atomic E-state index is 12.2. The molecule has 0 unspecified atom stereocenters. The molecule has 0 N–H and O–H groups in total. The molecule has 0 radical (unpaired) electrons. The van der Waals surface area contributed by atoms with Gasteiger partial charge in [-0.1, -0.05) is 6.07 Å². The van der Waals surface area contributed by atoms with E-state index in [9.17, 15) is 9.59 Å². The number of piperazine rings is 1. The lowest BCUT2D eigenvalue weighted by Gasteiger charge is -2.34. The third kappa shape index (κ3) is 5.08. The van der Waals surface area contributed by atoms with Crippen LogP contribution in [0.25, 0.3) is 0 Å². The number of carbonyl (C=O) groups excluding carboxylic acids is 2. The third-order valence-corrected chi connectivity index (χ3v) is 4.42. The Balaban J connectivity index is 1.68. The fourth-order valence-corrected chi connectivity index (χ4v) is 2.97. The molecule has 0 aromatic carbocycles. The fraction of sp³-hybridized carbons (Fsp3) is 0.600. The van der Waals surface area contributed by atoms with Crippen LogP contribution in [0.4, 0.5) is 0 Å². The van der Waals surface area contributed by atoms with Gasteiger partial charge in [-0.15, -0.1) is 11.3 Å². The smallest absolute Gasteiger partial charge is 0.248 e.